The van der Waals surface area contributed by atoms with E-state index in [1.54, 1.807) is 19.1 Å². The molecule has 0 N–H and O–H groups in total. The fourth-order valence-corrected chi connectivity index (χ4v) is 4.55. The summed E-state index contributed by atoms with van der Waals surface area (Å²) in [5, 5.41) is 7.88. The van der Waals surface area contributed by atoms with Gasteiger partial charge in [0.05, 0.1) is 14.2 Å². The van der Waals surface area contributed by atoms with Crippen molar-refractivity contribution in [2.45, 2.75) is 30.6 Å². The number of methoxy groups -OCH3 is 2. The standard InChI is InChI=1S/C16H21N3O5S/c1-11-17-18-16(24-11)12-6-8-19(9-7-12)25(20,21)15-5-4-13(22-2)10-14(15)23-3/h4-5,10,12H,6-9H2,1-3H3. The first-order chi connectivity index (χ1) is 12.0. The van der Waals surface area contributed by atoms with Crippen LogP contribution in [0.2, 0.25) is 0 Å². The molecule has 1 aliphatic rings. The van der Waals surface area contributed by atoms with Crippen LogP contribution in [0.5, 0.6) is 11.5 Å². The van der Waals surface area contributed by atoms with Gasteiger partial charge in [-0.15, -0.1) is 10.2 Å². The third kappa shape index (κ3) is 3.47. The fraction of sp³-hybridized carbons (Fsp3) is 0.500. The lowest BCUT2D eigenvalue weighted by atomic mass is 9.98. The van der Waals surface area contributed by atoms with Crippen molar-refractivity contribution >= 4 is 10.0 Å². The first-order valence-electron chi connectivity index (χ1n) is 7.98. The van der Waals surface area contributed by atoms with Crippen LogP contribution in [0, 0.1) is 6.92 Å². The average Bonchev–Trinajstić information content (AvgIpc) is 3.07. The van der Waals surface area contributed by atoms with E-state index in [2.05, 4.69) is 10.2 Å². The highest BCUT2D eigenvalue weighted by Gasteiger charge is 2.33. The summed E-state index contributed by atoms with van der Waals surface area (Å²) in [5.41, 5.74) is 0. The Hall–Kier alpha value is -2.13. The van der Waals surface area contributed by atoms with Gasteiger partial charge >= 0.3 is 0 Å². The fourth-order valence-electron chi connectivity index (χ4n) is 2.95. The van der Waals surface area contributed by atoms with Crippen LogP contribution in [0.25, 0.3) is 0 Å². The molecular formula is C16H21N3O5S. The zero-order valence-electron chi connectivity index (χ0n) is 14.4. The molecule has 25 heavy (non-hydrogen) atoms. The Labute approximate surface area is 146 Å². The van der Waals surface area contributed by atoms with Gasteiger partial charge < -0.3 is 13.9 Å². The van der Waals surface area contributed by atoms with E-state index in [9.17, 15) is 8.42 Å². The minimum Gasteiger partial charge on any atom is -0.497 e. The lowest BCUT2D eigenvalue weighted by molar-refractivity contribution is 0.286. The van der Waals surface area contributed by atoms with Gasteiger partial charge in [-0.05, 0) is 25.0 Å². The molecule has 1 aliphatic heterocycles. The van der Waals surface area contributed by atoms with Gasteiger partial charge in [0.2, 0.25) is 21.8 Å². The molecule has 0 aliphatic carbocycles. The molecule has 0 atom stereocenters. The van der Waals surface area contributed by atoms with Crippen LogP contribution in [0.1, 0.15) is 30.5 Å². The maximum absolute atomic E-state index is 13.0. The lowest BCUT2D eigenvalue weighted by Crippen LogP contribution is -2.38. The Morgan fingerprint density at radius 2 is 1.88 bits per heavy atom. The van der Waals surface area contributed by atoms with Crippen molar-refractivity contribution in [3.05, 3.63) is 30.0 Å². The topological polar surface area (TPSA) is 94.8 Å². The summed E-state index contributed by atoms with van der Waals surface area (Å²) in [6, 6.07) is 4.70. The van der Waals surface area contributed by atoms with Crippen molar-refractivity contribution in [1.29, 1.82) is 0 Å². The SMILES string of the molecule is COc1ccc(S(=O)(=O)N2CCC(c3nnc(C)o3)CC2)c(OC)c1. The number of rotatable bonds is 5. The zero-order valence-corrected chi connectivity index (χ0v) is 15.2. The number of aromatic nitrogens is 2. The molecular weight excluding hydrogens is 346 g/mol. The summed E-state index contributed by atoms with van der Waals surface area (Å²) in [5.74, 6) is 2.00. The predicted molar refractivity (Wildman–Crippen MR) is 89.3 cm³/mol. The van der Waals surface area contributed by atoms with Crippen LogP contribution in [0.3, 0.4) is 0 Å². The smallest absolute Gasteiger partial charge is 0.246 e. The number of hydrogen-bond donors (Lipinski definition) is 0. The Kier molecular flexibility index (Phi) is 4.96. The molecule has 8 nitrogen and oxygen atoms in total. The number of benzene rings is 1. The van der Waals surface area contributed by atoms with Gasteiger partial charge in [-0.25, -0.2) is 8.42 Å². The number of hydrogen-bond acceptors (Lipinski definition) is 7. The lowest BCUT2D eigenvalue weighted by Gasteiger charge is -2.30. The molecule has 9 heteroatoms. The summed E-state index contributed by atoms with van der Waals surface area (Å²) in [6.07, 6.45) is 1.28. The van der Waals surface area contributed by atoms with E-state index in [0.717, 1.165) is 0 Å². The summed E-state index contributed by atoms with van der Waals surface area (Å²) in [7, 11) is -0.681. The molecule has 0 unspecified atom stereocenters. The predicted octanol–water partition coefficient (Wildman–Crippen LogP) is 1.96. The van der Waals surface area contributed by atoms with Crippen LogP contribution >= 0.6 is 0 Å². The van der Waals surface area contributed by atoms with Gasteiger partial charge in [0.15, 0.2) is 0 Å². The van der Waals surface area contributed by atoms with Crippen molar-refractivity contribution in [3.8, 4) is 11.5 Å². The summed E-state index contributed by atoms with van der Waals surface area (Å²) in [6.45, 7) is 2.53. The van der Waals surface area contributed by atoms with Crippen molar-refractivity contribution in [1.82, 2.24) is 14.5 Å². The molecule has 3 rings (SSSR count). The first kappa shape index (κ1) is 17.7. The maximum Gasteiger partial charge on any atom is 0.246 e. The summed E-state index contributed by atoms with van der Waals surface area (Å²) < 4.78 is 43.2. The molecule has 1 aromatic heterocycles. The van der Waals surface area contributed by atoms with E-state index in [4.69, 9.17) is 13.9 Å². The van der Waals surface area contributed by atoms with Crippen molar-refractivity contribution in [2.75, 3.05) is 27.3 Å². The number of ether oxygens (including phenoxy) is 2. The first-order valence-corrected chi connectivity index (χ1v) is 9.42. The molecule has 1 fully saturated rings. The normalized spacial score (nSPS) is 16.8. The second-order valence-electron chi connectivity index (χ2n) is 5.85. The van der Waals surface area contributed by atoms with Gasteiger partial charge in [0.1, 0.15) is 16.4 Å². The molecule has 0 amide bonds. The second kappa shape index (κ2) is 7.01. The van der Waals surface area contributed by atoms with Gasteiger partial charge in [0, 0.05) is 32.0 Å². The Balaban J connectivity index is 1.78. The summed E-state index contributed by atoms with van der Waals surface area (Å²) in [4.78, 5) is 0.142. The van der Waals surface area contributed by atoms with Crippen molar-refractivity contribution in [2.24, 2.45) is 0 Å². The van der Waals surface area contributed by atoms with Crippen molar-refractivity contribution in [3.63, 3.8) is 0 Å². The van der Waals surface area contributed by atoms with Crippen LogP contribution in [0.4, 0.5) is 0 Å². The largest absolute Gasteiger partial charge is 0.497 e. The van der Waals surface area contributed by atoms with E-state index in [-0.39, 0.29) is 16.6 Å². The number of piperidine rings is 1. The maximum atomic E-state index is 13.0. The highest BCUT2D eigenvalue weighted by molar-refractivity contribution is 7.89. The molecule has 1 saturated heterocycles. The molecule has 2 heterocycles. The van der Waals surface area contributed by atoms with Gasteiger partial charge in [-0.3, -0.25) is 0 Å². The molecule has 1 aromatic carbocycles. The monoisotopic (exact) mass is 367 g/mol. The molecule has 2 aromatic rings. The highest BCUT2D eigenvalue weighted by atomic mass is 32.2. The molecule has 136 valence electrons. The van der Waals surface area contributed by atoms with E-state index < -0.39 is 10.0 Å². The van der Waals surface area contributed by atoms with Crippen LogP contribution in [0.15, 0.2) is 27.5 Å². The van der Waals surface area contributed by atoms with Crippen molar-refractivity contribution < 1.29 is 22.3 Å². The third-order valence-corrected chi connectivity index (χ3v) is 6.27. The Morgan fingerprint density at radius 1 is 1.16 bits per heavy atom. The van der Waals surface area contributed by atoms with Crippen LogP contribution in [-0.2, 0) is 10.0 Å². The van der Waals surface area contributed by atoms with E-state index in [1.165, 1.54) is 24.6 Å². The number of sulfonamides is 1. The quantitative estimate of drug-likeness (QED) is 0.797. The summed E-state index contributed by atoms with van der Waals surface area (Å²) >= 11 is 0. The number of aryl methyl sites for hydroxylation is 1. The third-order valence-electron chi connectivity index (χ3n) is 4.33. The second-order valence-corrected chi connectivity index (χ2v) is 7.76. The molecule has 0 spiro atoms. The van der Waals surface area contributed by atoms with Gasteiger partial charge in [-0.2, -0.15) is 4.31 Å². The average molecular weight is 367 g/mol. The Bertz CT molecular complexity index is 841. The van der Waals surface area contributed by atoms with E-state index in [0.29, 0.717) is 43.5 Å². The van der Waals surface area contributed by atoms with Crippen LogP contribution < -0.4 is 9.47 Å². The Morgan fingerprint density at radius 3 is 2.44 bits per heavy atom. The molecule has 0 radical (unpaired) electrons. The number of nitrogens with zero attached hydrogens (tertiary/aromatic N) is 3. The molecule has 0 bridgehead atoms. The van der Waals surface area contributed by atoms with Crippen LogP contribution in [-0.4, -0.2) is 50.2 Å². The van der Waals surface area contributed by atoms with E-state index in [1.807, 2.05) is 0 Å². The van der Waals surface area contributed by atoms with Gasteiger partial charge in [-0.1, -0.05) is 0 Å². The highest BCUT2D eigenvalue weighted by Crippen LogP contribution is 2.34. The molecule has 0 saturated carbocycles. The van der Waals surface area contributed by atoms with E-state index >= 15 is 0 Å². The van der Waals surface area contributed by atoms with Gasteiger partial charge in [0.25, 0.3) is 0 Å². The minimum atomic E-state index is -3.64. The zero-order chi connectivity index (χ0) is 18.0. The minimum absolute atomic E-state index is 0.0883.